The Morgan fingerprint density at radius 1 is 0.962 bits per heavy atom. The molecule has 2 aromatic rings. The van der Waals surface area contributed by atoms with Crippen LogP contribution < -0.4 is 10.2 Å². The fraction of sp³-hybridized carbons (Fsp3) is 0.619. The fourth-order valence-corrected chi connectivity index (χ4v) is 3.57. The smallest absolute Gasteiger partial charge is 0.236 e. The van der Waals surface area contributed by atoms with Gasteiger partial charge in [0, 0.05) is 31.7 Å². The number of benzene rings is 1. The second-order valence-corrected chi connectivity index (χ2v) is 7.69. The van der Waals surface area contributed by atoms with Crippen LogP contribution in [0, 0.1) is 0 Å². The highest BCUT2D eigenvalue weighted by atomic mass is 32.1. The number of nitrogens with one attached hydrogen (secondary N) is 1. The number of unbranched alkanes of at least 4 members (excludes halogenated alkanes) is 7. The minimum atomic E-state index is 0.777. The predicted octanol–water partition coefficient (Wildman–Crippen LogP) is 5.77. The van der Waals surface area contributed by atoms with Gasteiger partial charge in [-0.2, -0.15) is 9.36 Å². The van der Waals surface area contributed by atoms with Crippen molar-refractivity contribution in [1.29, 1.82) is 0 Å². The molecule has 5 heteroatoms. The molecule has 0 spiro atoms. The molecule has 0 bridgehead atoms. The van der Waals surface area contributed by atoms with Crippen LogP contribution in [-0.2, 0) is 6.42 Å². The van der Waals surface area contributed by atoms with Gasteiger partial charge in [-0.3, -0.25) is 0 Å². The molecule has 0 saturated heterocycles. The highest BCUT2D eigenvalue weighted by Crippen LogP contribution is 2.19. The molecule has 0 unspecified atom stereocenters. The Kier molecular flexibility index (Phi) is 10.1. The van der Waals surface area contributed by atoms with Gasteiger partial charge in [0.05, 0.1) is 0 Å². The molecule has 1 aromatic heterocycles. The molecule has 144 valence electrons. The van der Waals surface area contributed by atoms with E-state index in [4.69, 9.17) is 0 Å². The molecule has 0 aliphatic carbocycles. The Bertz CT molecular complexity index is 585. The largest absolute Gasteiger partial charge is 0.353 e. The van der Waals surface area contributed by atoms with Gasteiger partial charge in [-0.15, -0.1) is 0 Å². The zero-order chi connectivity index (χ0) is 18.5. The summed E-state index contributed by atoms with van der Waals surface area (Å²) in [7, 11) is 2.09. The van der Waals surface area contributed by atoms with Gasteiger partial charge in [0.2, 0.25) is 11.1 Å². The van der Waals surface area contributed by atoms with Gasteiger partial charge in [-0.05, 0) is 18.4 Å². The van der Waals surface area contributed by atoms with Crippen LogP contribution in [-0.4, -0.2) is 29.5 Å². The summed E-state index contributed by atoms with van der Waals surface area (Å²) < 4.78 is 4.44. The number of hydrogen-bond donors (Lipinski definition) is 1. The van der Waals surface area contributed by atoms with Crippen molar-refractivity contribution in [2.24, 2.45) is 0 Å². The fourth-order valence-electron chi connectivity index (χ4n) is 2.94. The van der Waals surface area contributed by atoms with E-state index in [2.05, 4.69) is 63.9 Å². The van der Waals surface area contributed by atoms with Crippen LogP contribution in [0.4, 0.5) is 11.1 Å². The highest BCUT2D eigenvalue weighted by Gasteiger charge is 2.08. The zero-order valence-electron chi connectivity index (χ0n) is 16.4. The van der Waals surface area contributed by atoms with Gasteiger partial charge in [0.1, 0.15) is 0 Å². The lowest BCUT2D eigenvalue weighted by atomic mass is 10.1. The molecule has 0 saturated carbocycles. The Morgan fingerprint density at radius 3 is 2.38 bits per heavy atom. The Labute approximate surface area is 163 Å². The molecule has 0 atom stereocenters. The molecular formula is C21H34N4S. The van der Waals surface area contributed by atoms with Gasteiger partial charge in [-0.1, -0.05) is 82.2 Å². The van der Waals surface area contributed by atoms with E-state index in [0.717, 1.165) is 30.6 Å². The summed E-state index contributed by atoms with van der Waals surface area (Å²) in [6.07, 6.45) is 11.8. The first kappa shape index (κ1) is 20.7. The summed E-state index contributed by atoms with van der Waals surface area (Å²) in [6, 6.07) is 10.6. The Morgan fingerprint density at radius 2 is 1.65 bits per heavy atom. The summed E-state index contributed by atoms with van der Waals surface area (Å²) in [4.78, 5) is 6.80. The lowest BCUT2D eigenvalue weighted by Gasteiger charge is -2.14. The first-order valence-corrected chi connectivity index (χ1v) is 10.9. The van der Waals surface area contributed by atoms with Gasteiger partial charge in [0.15, 0.2) is 0 Å². The summed E-state index contributed by atoms with van der Waals surface area (Å²) in [5, 5.41) is 4.35. The van der Waals surface area contributed by atoms with E-state index >= 15 is 0 Å². The van der Waals surface area contributed by atoms with E-state index in [1.807, 2.05) is 0 Å². The molecule has 4 nitrogen and oxygen atoms in total. The van der Waals surface area contributed by atoms with Crippen molar-refractivity contribution < 1.29 is 0 Å². The minimum Gasteiger partial charge on any atom is -0.353 e. The molecule has 0 radical (unpaired) electrons. The van der Waals surface area contributed by atoms with Crippen molar-refractivity contribution in [3.8, 4) is 0 Å². The first-order chi connectivity index (χ1) is 12.8. The Hall–Kier alpha value is -1.62. The summed E-state index contributed by atoms with van der Waals surface area (Å²) in [6.45, 7) is 4.19. The maximum absolute atomic E-state index is 4.61. The quantitative estimate of drug-likeness (QED) is 0.426. The van der Waals surface area contributed by atoms with E-state index < -0.39 is 0 Å². The molecule has 0 aliphatic heterocycles. The molecule has 1 aromatic carbocycles. The maximum Gasteiger partial charge on any atom is 0.236 e. The van der Waals surface area contributed by atoms with Crippen LogP contribution in [0.15, 0.2) is 30.3 Å². The number of likely N-dealkylation sites (N-methyl/N-ethyl adjacent to an activating group) is 1. The Balaban J connectivity index is 1.57. The highest BCUT2D eigenvalue weighted by molar-refractivity contribution is 7.09. The van der Waals surface area contributed by atoms with Crippen LogP contribution in [0.3, 0.4) is 0 Å². The number of aromatic nitrogens is 2. The molecule has 2 rings (SSSR count). The second kappa shape index (κ2) is 12.7. The van der Waals surface area contributed by atoms with E-state index in [0.29, 0.717) is 0 Å². The van der Waals surface area contributed by atoms with Gasteiger partial charge in [0.25, 0.3) is 0 Å². The number of nitrogens with zero attached hydrogens (tertiary/aromatic N) is 3. The standard InChI is InChI=1S/C21H34N4S/c1-3-4-5-6-7-8-9-13-17-22-20-23-21(26-24-20)25(2)18-16-19-14-11-10-12-15-19/h10-12,14-15H,3-9,13,16-18H2,1-2H3,(H,22,24). The zero-order valence-corrected chi connectivity index (χ0v) is 17.2. The summed E-state index contributed by atoms with van der Waals surface area (Å²) in [5.41, 5.74) is 1.36. The second-order valence-electron chi connectivity index (χ2n) is 6.96. The normalized spacial score (nSPS) is 10.8. The average Bonchev–Trinajstić information content (AvgIpc) is 3.15. The predicted molar refractivity (Wildman–Crippen MR) is 114 cm³/mol. The minimum absolute atomic E-state index is 0.777. The van der Waals surface area contributed by atoms with Crippen LogP contribution in [0.2, 0.25) is 0 Å². The topological polar surface area (TPSA) is 41.1 Å². The van der Waals surface area contributed by atoms with E-state index in [1.165, 1.54) is 68.5 Å². The third-order valence-corrected chi connectivity index (χ3v) is 5.46. The van der Waals surface area contributed by atoms with Crippen molar-refractivity contribution in [3.63, 3.8) is 0 Å². The molecule has 0 aliphatic rings. The maximum atomic E-state index is 4.61. The van der Waals surface area contributed by atoms with Gasteiger partial charge in [-0.25, -0.2) is 0 Å². The van der Waals surface area contributed by atoms with Crippen LogP contribution >= 0.6 is 11.5 Å². The van der Waals surface area contributed by atoms with E-state index in [1.54, 1.807) is 0 Å². The molecule has 1 heterocycles. The average molecular weight is 375 g/mol. The monoisotopic (exact) mass is 374 g/mol. The van der Waals surface area contributed by atoms with Crippen molar-refractivity contribution >= 4 is 22.6 Å². The molecular weight excluding hydrogens is 340 g/mol. The van der Waals surface area contributed by atoms with Crippen molar-refractivity contribution in [2.45, 2.75) is 64.7 Å². The van der Waals surface area contributed by atoms with E-state index in [9.17, 15) is 0 Å². The third-order valence-electron chi connectivity index (χ3n) is 4.63. The van der Waals surface area contributed by atoms with E-state index in [-0.39, 0.29) is 0 Å². The van der Waals surface area contributed by atoms with Gasteiger partial charge < -0.3 is 10.2 Å². The molecule has 0 amide bonds. The third kappa shape index (κ3) is 8.17. The molecule has 0 fully saturated rings. The SMILES string of the molecule is CCCCCCCCCCNc1nsc(N(C)CCc2ccccc2)n1. The molecule has 1 N–H and O–H groups in total. The van der Waals surface area contributed by atoms with Crippen molar-refractivity contribution in [1.82, 2.24) is 9.36 Å². The lowest BCUT2D eigenvalue weighted by molar-refractivity contribution is 0.581. The van der Waals surface area contributed by atoms with Crippen LogP contribution in [0.25, 0.3) is 0 Å². The van der Waals surface area contributed by atoms with Crippen LogP contribution in [0.1, 0.15) is 63.9 Å². The van der Waals surface area contributed by atoms with Gasteiger partial charge >= 0.3 is 0 Å². The summed E-state index contributed by atoms with van der Waals surface area (Å²) in [5.74, 6) is 0.777. The molecule has 26 heavy (non-hydrogen) atoms. The number of hydrogen-bond acceptors (Lipinski definition) is 5. The van der Waals surface area contributed by atoms with Crippen molar-refractivity contribution in [3.05, 3.63) is 35.9 Å². The van der Waals surface area contributed by atoms with Crippen LogP contribution in [0.5, 0.6) is 0 Å². The summed E-state index contributed by atoms with van der Waals surface area (Å²) >= 11 is 1.47. The number of anilines is 2. The lowest BCUT2D eigenvalue weighted by Crippen LogP contribution is -2.20. The first-order valence-electron chi connectivity index (χ1n) is 10.1. The number of rotatable bonds is 14. The van der Waals surface area contributed by atoms with Crippen molar-refractivity contribution in [2.75, 3.05) is 30.4 Å².